The molecule has 0 aliphatic carbocycles. The largest absolute Gasteiger partial charge is 0.349 e. The predicted octanol–water partition coefficient (Wildman–Crippen LogP) is 3.09. The summed E-state index contributed by atoms with van der Waals surface area (Å²) in [4.78, 5) is 14.1. The van der Waals surface area contributed by atoms with E-state index in [1.165, 1.54) is 0 Å². The fourth-order valence-corrected chi connectivity index (χ4v) is 3.43. The number of benzene rings is 1. The van der Waals surface area contributed by atoms with E-state index in [-0.39, 0.29) is 6.61 Å². The van der Waals surface area contributed by atoms with Gasteiger partial charge in [-0.1, -0.05) is 30.3 Å². The maximum atomic E-state index is 12.4. The van der Waals surface area contributed by atoms with Crippen molar-refractivity contribution < 1.29 is 14.0 Å². The van der Waals surface area contributed by atoms with E-state index in [1.54, 1.807) is 31.5 Å². The molecule has 1 aromatic carbocycles. The summed E-state index contributed by atoms with van der Waals surface area (Å²) in [5.74, 6) is -0.777. The number of aromatic nitrogens is 1. The topological polar surface area (TPSA) is 71.5 Å². The summed E-state index contributed by atoms with van der Waals surface area (Å²) in [6.07, 6.45) is 3.19. The zero-order valence-electron chi connectivity index (χ0n) is 11.8. The minimum absolute atomic E-state index is 0.183. The molecule has 0 spiro atoms. The van der Waals surface area contributed by atoms with Crippen LogP contribution in [0.15, 0.2) is 54.9 Å². The minimum atomic E-state index is -3.80. The van der Waals surface area contributed by atoms with Gasteiger partial charge in [-0.05, 0) is 30.2 Å². The molecule has 2 atom stereocenters. The van der Waals surface area contributed by atoms with Gasteiger partial charge in [0.15, 0.2) is 0 Å². The second-order valence-corrected chi connectivity index (χ2v) is 6.43. The van der Waals surface area contributed by atoms with Crippen molar-refractivity contribution >= 4 is 7.60 Å². The van der Waals surface area contributed by atoms with Crippen molar-refractivity contribution in [3.05, 3.63) is 66.0 Å². The second-order valence-electron chi connectivity index (χ2n) is 4.53. The molecule has 1 aromatic heterocycles. The van der Waals surface area contributed by atoms with E-state index in [2.05, 4.69) is 10.3 Å². The van der Waals surface area contributed by atoms with E-state index >= 15 is 0 Å². The fourth-order valence-electron chi connectivity index (χ4n) is 2.04. The summed E-state index contributed by atoms with van der Waals surface area (Å²) in [6, 6.07) is 13.1. The van der Waals surface area contributed by atoms with Crippen LogP contribution in [0.5, 0.6) is 0 Å². The molecule has 2 rings (SSSR count). The number of nitrogens with zero attached hydrogens (tertiary/aromatic N) is 1. The Hall–Kier alpha value is -1.52. The summed E-state index contributed by atoms with van der Waals surface area (Å²) in [7, 11) is -3.80. The molecule has 0 amide bonds. The number of hydrogen-bond donors (Lipinski definition) is 2. The van der Waals surface area contributed by atoms with Crippen molar-refractivity contribution in [3.63, 3.8) is 0 Å². The van der Waals surface area contributed by atoms with Crippen molar-refractivity contribution in [2.24, 2.45) is 0 Å². The zero-order valence-corrected chi connectivity index (χ0v) is 12.7. The average Bonchev–Trinajstić information content (AvgIpc) is 2.49. The molecule has 2 aromatic rings. The lowest BCUT2D eigenvalue weighted by atomic mass is 10.2. The number of rotatable bonds is 7. The molecule has 2 N–H and O–H groups in total. The molecule has 0 aliphatic heterocycles. The molecule has 21 heavy (non-hydrogen) atoms. The Labute approximate surface area is 124 Å². The molecule has 2 unspecified atom stereocenters. The van der Waals surface area contributed by atoms with Crippen LogP contribution in [0.25, 0.3) is 0 Å². The van der Waals surface area contributed by atoms with Crippen LogP contribution in [0.1, 0.15) is 23.8 Å². The monoisotopic (exact) mass is 306 g/mol. The van der Waals surface area contributed by atoms with E-state index in [4.69, 9.17) is 4.52 Å². The van der Waals surface area contributed by atoms with E-state index in [9.17, 15) is 9.46 Å². The van der Waals surface area contributed by atoms with Gasteiger partial charge in [0.1, 0.15) is 5.78 Å². The molecule has 0 radical (unpaired) electrons. The fraction of sp³-hybridized carbons (Fsp3) is 0.267. The van der Waals surface area contributed by atoms with Gasteiger partial charge in [-0.3, -0.25) is 14.9 Å². The maximum absolute atomic E-state index is 12.4. The van der Waals surface area contributed by atoms with Crippen LogP contribution in [-0.4, -0.2) is 16.5 Å². The summed E-state index contributed by atoms with van der Waals surface area (Å²) in [6.45, 7) is 2.36. The highest BCUT2D eigenvalue weighted by molar-refractivity contribution is 7.53. The summed E-state index contributed by atoms with van der Waals surface area (Å²) < 4.78 is 17.4. The molecule has 112 valence electrons. The summed E-state index contributed by atoms with van der Waals surface area (Å²) >= 11 is 0. The van der Waals surface area contributed by atoms with Crippen LogP contribution in [0, 0.1) is 0 Å². The van der Waals surface area contributed by atoms with Crippen molar-refractivity contribution in [1.82, 2.24) is 10.3 Å². The van der Waals surface area contributed by atoms with E-state index < -0.39 is 13.4 Å². The first-order valence-electron chi connectivity index (χ1n) is 6.77. The van der Waals surface area contributed by atoms with Gasteiger partial charge in [-0.2, -0.15) is 0 Å². The normalized spacial score (nSPS) is 15.3. The third kappa shape index (κ3) is 4.48. The van der Waals surface area contributed by atoms with Gasteiger partial charge >= 0.3 is 7.60 Å². The highest BCUT2D eigenvalue weighted by atomic mass is 31.2. The Morgan fingerprint density at radius 2 is 1.90 bits per heavy atom. The van der Waals surface area contributed by atoms with Crippen LogP contribution in [0.4, 0.5) is 0 Å². The van der Waals surface area contributed by atoms with Gasteiger partial charge in [0, 0.05) is 18.9 Å². The van der Waals surface area contributed by atoms with Crippen LogP contribution in [-0.2, 0) is 15.6 Å². The maximum Gasteiger partial charge on any atom is 0.349 e. The van der Waals surface area contributed by atoms with Crippen LogP contribution < -0.4 is 5.32 Å². The Kier molecular flexibility index (Phi) is 5.65. The van der Waals surface area contributed by atoms with E-state index in [1.807, 2.05) is 30.3 Å². The van der Waals surface area contributed by atoms with Gasteiger partial charge in [0.05, 0.1) is 6.61 Å². The molecule has 6 heteroatoms. The molecule has 0 bridgehead atoms. The molecule has 0 saturated heterocycles. The molecular formula is C15H19N2O3P. The standard InChI is InChI=1S/C15H19N2O3P/c1-2-20-21(18,19)15(14-8-10-16-11-9-14)17-12-13-6-4-3-5-7-13/h3-11,15,17H,2,12H2,1H3,(H,18,19). The van der Waals surface area contributed by atoms with E-state index in [0.29, 0.717) is 12.1 Å². The third-order valence-corrected chi connectivity index (χ3v) is 4.77. The van der Waals surface area contributed by atoms with Crippen molar-refractivity contribution in [1.29, 1.82) is 0 Å². The molecule has 5 nitrogen and oxygen atoms in total. The molecule has 1 heterocycles. The Balaban J connectivity index is 2.18. The highest BCUT2D eigenvalue weighted by Crippen LogP contribution is 2.54. The average molecular weight is 306 g/mol. The van der Waals surface area contributed by atoms with Crippen LogP contribution >= 0.6 is 7.60 Å². The van der Waals surface area contributed by atoms with Crippen molar-refractivity contribution in [2.75, 3.05) is 6.61 Å². The number of hydrogen-bond acceptors (Lipinski definition) is 4. The Morgan fingerprint density at radius 1 is 1.24 bits per heavy atom. The molecule has 0 fully saturated rings. The first-order valence-corrected chi connectivity index (χ1v) is 8.42. The smallest absolute Gasteiger partial charge is 0.323 e. The minimum Gasteiger partial charge on any atom is -0.323 e. The number of nitrogens with one attached hydrogen (secondary N) is 1. The van der Waals surface area contributed by atoms with Crippen LogP contribution in [0.2, 0.25) is 0 Å². The molecule has 0 aliphatic rings. The van der Waals surface area contributed by atoms with Gasteiger partial charge in [0.25, 0.3) is 0 Å². The van der Waals surface area contributed by atoms with E-state index in [0.717, 1.165) is 5.56 Å². The third-order valence-electron chi connectivity index (χ3n) is 3.00. The number of pyridine rings is 1. The van der Waals surface area contributed by atoms with Gasteiger partial charge < -0.3 is 9.42 Å². The Bertz CT molecular complexity index is 592. The van der Waals surface area contributed by atoms with Gasteiger partial charge in [-0.25, -0.2) is 0 Å². The quantitative estimate of drug-likeness (QED) is 0.769. The SMILES string of the molecule is CCOP(=O)(O)C(NCc1ccccc1)c1ccncc1. The molecule has 0 saturated carbocycles. The predicted molar refractivity (Wildman–Crippen MR) is 81.7 cm³/mol. The zero-order chi connectivity index (χ0) is 15.1. The lowest BCUT2D eigenvalue weighted by Gasteiger charge is -2.23. The van der Waals surface area contributed by atoms with Crippen molar-refractivity contribution in [3.8, 4) is 0 Å². The first kappa shape index (κ1) is 15.9. The lowest BCUT2D eigenvalue weighted by molar-refractivity contribution is 0.258. The lowest BCUT2D eigenvalue weighted by Crippen LogP contribution is -2.22. The van der Waals surface area contributed by atoms with Gasteiger partial charge in [0.2, 0.25) is 0 Å². The summed E-state index contributed by atoms with van der Waals surface area (Å²) in [5, 5.41) is 3.11. The second kappa shape index (κ2) is 7.48. The summed E-state index contributed by atoms with van der Waals surface area (Å²) in [5.41, 5.74) is 1.72. The Morgan fingerprint density at radius 3 is 2.52 bits per heavy atom. The van der Waals surface area contributed by atoms with Crippen LogP contribution in [0.3, 0.4) is 0 Å². The first-order chi connectivity index (χ1) is 10.1. The van der Waals surface area contributed by atoms with Gasteiger partial charge in [-0.15, -0.1) is 0 Å². The molecular weight excluding hydrogens is 287 g/mol. The van der Waals surface area contributed by atoms with Crippen molar-refractivity contribution in [2.45, 2.75) is 19.3 Å². The highest BCUT2D eigenvalue weighted by Gasteiger charge is 2.33.